The van der Waals surface area contributed by atoms with Crippen LogP contribution in [0.3, 0.4) is 0 Å². The molecule has 0 fully saturated rings. The van der Waals surface area contributed by atoms with E-state index >= 15 is 0 Å². The lowest BCUT2D eigenvalue weighted by Gasteiger charge is -2.29. The Hall–Kier alpha value is -2.53. The van der Waals surface area contributed by atoms with Crippen molar-refractivity contribution in [3.8, 4) is 5.69 Å². The van der Waals surface area contributed by atoms with Crippen LogP contribution in [0.4, 0.5) is 4.39 Å². The molecule has 1 heterocycles. The lowest BCUT2D eigenvalue weighted by atomic mass is 10.1. The number of para-hydroxylation sites is 1. The number of aromatic nitrogens is 2. The van der Waals surface area contributed by atoms with Gasteiger partial charge in [-0.2, -0.15) is 0 Å². The predicted molar refractivity (Wildman–Crippen MR) is 108 cm³/mol. The first-order valence-corrected chi connectivity index (χ1v) is 9.58. The van der Waals surface area contributed by atoms with E-state index in [1.165, 1.54) is 12.1 Å². The van der Waals surface area contributed by atoms with Gasteiger partial charge in [-0.05, 0) is 69.3 Å². The van der Waals surface area contributed by atoms with Crippen LogP contribution in [-0.4, -0.2) is 27.5 Å². The summed E-state index contributed by atoms with van der Waals surface area (Å²) in [4.78, 5) is 20.5. The van der Waals surface area contributed by atoms with Crippen LogP contribution in [0.2, 0.25) is 0 Å². The molecular weight excluding hydrogens is 341 g/mol. The average molecular weight is 367 g/mol. The second-order valence-corrected chi connectivity index (χ2v) is 6.82. The van der Waals surface area contributed by atoms with E-state index in [-0.39, 0.29) is 17.4 Å². The summed E-state index contributed by atoms with van der Waals surface area (Å²) in [7, 11) is 0. The molecule has 0 saturated carbocycles. The molecule has 27 heavy (non-hydrogen) atoms. The van der Waals surface area contributed by atoms with Crippen molar-refractivity contribution in [1.29, 1.82) is 0 Å². The zero-order valence-electron chi connectivity index (χ0n) is 16.2. The monoisotopic (exact) mass is 367 g/mol. The van der Waals surface area contributed by atoms with Gasteiger partial charge in [-0.1, -0.05) is 26.0 Å². The van der Waals surface area contributed by atoms with Gasteiger partial charge in [0.25, 0.3) is 5.56 Å². The fourth-order valence-corrected chi connectivity index (χ4v) is 3.51. The van der Waals surface area contributed by atoms with Gasteiger partial charge in [0.1, 0.15) is 11.6 Å². The molecule has 0 spiro atoms. The third-order valence-corrected chi connectivity index (χ3v) is 4.83. The maximum Gasteiger partial charge on any atom is 0.266 e. The standard InChI is InChI=1S/C22H26FN3O/c1-4-14-25(15-5-2)16(3)21-24-20-9-7-6-8-19(20)22(27)26(21)18-12-10-17(23)11-13-18/h6-13,16H,4-5,14-15H2,1-3H3. The maximum absolute atomic E-state index is 13.4. The molecular formula is C22H26FN3O. The van der Waals surface area contributed by atoms with Gasteiger partial charge in [0, 0.05) is 0 Å². The molecule has 1 unspecified atom stereocenters. The zero-order valence-corrected chi connectivity index (χ0v) is 16.2. The normalized spacial score (nSPS) is 12.6. The van der Waals surface area contributed by atoms with E-state index in [0.717, 1.165) is 25.9 Å². The number of rotatable bonds is 7. The molecule has 0 saturated heterocycles. The number of halogens is 1. The van der Waals surface area contributed by atoms with Gasteiger partial charge in [-0.25, -0.2) is 9.37 Å². The van der Waals surface area contributed by atoms with Gasteiger partial charge >= 0.3 is 0 Å². The van der Waals surface area contributed by atoms with Crippen LogP contribution in [0, 0.1) is 5.82 Å². The minimum Gasteiger partial charge on any atom is -0.294 e. The van der Waals surface area contributed by atoms with E-state index in [1.807, 2.05) is 18.2 Å². The Kier molecular flexibility index (Phi) is 6.01. The van der Waals surface area contributed by atoms with Crippen LogP contribution in [0.5, 0.6) is 0 Å². The van der Waals surface area contributed by atoms with Crippen molar-refractivity contribution in [2.24, 2.45) is 0 Å². The van der Waals surface area contributed by atoms with E-state index in [1.54, 1.807) is 22.8 Å². The fraction of sp³-hybridized carbons (Fsp3) is 0.364. The average Bonchev–Trinajstić information content (AvgIpc) is 2.68. The largest absolute Gasteiger partial charge is 0.294 e. The van der Waals surface area contributed by atoms with Crippen molar-refractivity contribution in [1.82, 2.24) is 14.5 Å². The highest BCUT2D eigenvalue weighted by atomic mass is 19.1. The molecule has 142 valence electrons. The number of benzene rings is 2. The van der Waals surface area contributed by atoms with Crippen molar-refractivity contribution in [2.45, 2.75) is 39.7 Å². The summed E-state index contributed by atoms with van der Waals surface area (Å²) in [6.45, 7) is 8.25. The summed E-state index contributed by atoms with van der Waals surface area (Å²) in [6.07, 6.45) is 2.05. The molecule has 0 aliphatic carbocycles. The maximum atomic E-state index is 13.4. The van der Waals surface area contributed by atoms with Gasteiger partial charge in [-0.3, -0.25) is 14.3 Å². The predicted octanol–water partition coefficient (Wildman–Crippen LogP) is 4.71. The topological polar surface area (TPSA) is 38.1 Å². The van der Waals surface area contributed by atoms with E-state index in [0.29, 0.717) is 22.4 Å². The SMILES string of the molecule is CCCN(CCC)C(C)c1nc2ccccc2c(=O)n1-c1ccc(F)cc1. The second-order valence-electron chi connectivity index (χ2n) is 6.82. The Morgan fingerprint density at radius 2 is 1.67 bits per heavy atom. The van der Waals surface area contributed by atoms with Gasteiger partial charge in [0.05, 0.1) is 22.6 Å². The van der Waals surface area contributed by atoms with E-state index < -0.39 is 0 Å². The fourth-order valence-electron chi connectivity index (χ4n) is 3.51. The third-order valence-electron chi connectivity index (χ3n) is 4.83. The summed E-state index contributed by atoms with van der Waals surface area (Å²) in [6, 6.07) is 13.4. The number of hydrogen-bond acceptors (Lipinski definition) is 3. The summed E-state index contributed by atoms with van der Waals surface area (Å²) in [5.41, 5.74) is 1.20. The first-order valence-electron chi connectivity index (χ1n) is 9.58. The Morgan fingerprint density at radius 1 is 1.04 bits per heavy atom. The van der Waals surface area contributed by atoms with E-state index in [9.17, 15) is 9.18 Å². The smallest absolute Gasteiger partial charge is 0.266 e. The molecule has 0 aliphatic heterocycles. The second kappa shape index (κ2) is 8.44. The summed E-state index contributed by atoms with van der Waals surface area (Å²) >= 11 is 0. The van der Waals surface area contributed by atoms with E-state index in [4.69, 9.17) is 4.98 Å². The molecule has 3 aromatic rings. The minimum atomic E-state index is -0.325. The molecule has 4 nitrogen and oxygen atoms in total. The molecule has 1 atom stereocenters. The highest BCUT2D eigenvalue weighted by Gasteiger charge is 2.22. The van der Waals surface area contributed by atoms with Gasteiger partial charge in [0.15, 0.2) is 0 Å². The Bertz CT molecular complexity index is 959. The quantitative estimate of drug-likeness (QED) is 0.607. The number of fused-ring (bicyclic) bond motifs is 1. The van der Waals surface area contributed by atoms with Crippen LogP contribution in [-0.2, 0) is 0 Å². The molecule has 1 aromatic heterocycles. The van der Waals surface area contributed by atoms with Gasteiger partial charge in [-0.15, -0.1) is 0 Å². The van der Waals surface area contributed by atoms with Crippen molar-refractivity contribution in [3.63, 3.8) is 0 Å². The first-order chi connectivity index (χ1) is 13.1. The van der Waals surface area contributed by atoms with Crippen LogP contribution in [0.15, 0.2) is 53.3 Å². The molecule has 0 radical (unpaired) electrons. The lowest BCUT2D eigenvalue weighted by molar-refractivity contribution is 0.201. The van der Waals surface area contributed by atoms with Gasteiger partial charge in [0.2, 0.25) is 0 Å². The minimum absolute atomic E-state index is 0.0349. The highest BCUT2D eigenvalue weighted by Crippen LogP contribution is 2.23. The Morgan fingerprint density at radius 3 is 2.30 bits per heavy atom. The van der Waals surface area contributed by atoms with Crippen molar-refractivity contribution in [2.75, 3.05) is 13.1 Å². The molecule has 5 heteroatoms. The summed E-state index contributed by atoms with van der Waals surface area (Å²) in [5, 5.41) is 0.565. The van der Waals surface area contributed by atoms with Crippen molar-refractivity contribution < 1.29 is 4.39 Å². The molecule has 3 rings (SSSR count). The van der Waals surface area contributed by atoms with Crippen LogP contribution < -0.4 is 5.56 Å². The Balaban J connectivity index is 2.24. The molecule has 0 amide bonds. The Labute approximate surface area is 159 Å². The van der Waals surface area contributed by atoms with Crippen molar-refractivity contribution in [3.05, 3.63) is 70.5 Å². The van der Waals surface area contributed by atoms with Crippen molar-refractivity contribution >= 4 is 10.9 Å². The first kappa shape index (κ1) is 19.2. The van der Waals surface area contributed by atoms with Crippen LogP contribution >= 0.6 is 0 Å². The lowest BCUT2D eigenvalue weighted by Crippen LogP contribution is -2.34. The number of hydrogen-bond donors (Lipinski definition) is 0. The molecule has 0 aliphatic rings. The van der Waals surface area contributed by atoms with Crippen LogP contribution in [0.25, 0.3) is 16.6 Å². The third kappa shape index (κ3) is 3.93. The molecule has 0 N–H and O–H groups in total. The molecule has 0 bridgehead atoms. The van der Waals surface area contributed by atoms with Crippen LogP contribution in [0.1, 0.15) is 45.5 Å². The summed E-state index contributed by atoms with van der Waals surface area (Å²) < 4.78 is 15.1. The number of nitrogens with zero attached hydrogens (tertiary/aromatic N) is 3. The zero-order chi connectivity index (χ0) is 19.4. The van der Waals surface area contributed by atoms with Gasteiger partial charge < -0.3 is 0 Å². The van der Waals surface area contributed by atoms with E-state index in [2.05, 4.69) is 25.7 Å². The highest BCUT2D eigenvalue weighted by molar-refractivity contribution is 5.77. The molecule has 2 aromatic carbocycles. The summed E-state index contributed by atoms with van der Waals surface area (Å²) in [5.74, 6) is 0.362.